The van der Waals surface area contributed by atoms with Gasteiger partial charge in [0.1, 0.15) is 16.3 Å². The van der Waals surface area contributed by atoms with Crippen LogP contribution in [0.5, 0.6) is 5.75 Å². The fourth-order valence-electron chi connectivity index (χ4n) is 0.696. The van der Waals surface area contributed by atoms with Gasteiger partial charge in [0.15, 0.2) is 0 Å². The van der Waals surface area contributed by atoms with Crippen molar-refractivity contribution >= 4 is 11.3 Å². The molecule has 0 atom stereocenters. The summed E-state index contributed by atoms with van der Waals surface area (Å²) in [4.78, 5) is 3.83. The first-order valence-corrected chi connectivity index (χ1v) is 4.87. The van der Waals surface area contributed by atoms with Crippen LogP contribution in [0.15, 0.2) is 30.0 Å². The molecule has 5 heteroatoms. The standard InChI is InChI=1S/C6H7NO.C3H4N2S/c1-8-6-3-2-4-7-5-6;1-3-5-4-2-6-3/h2-5H,1H3;2H,1H3. The van der Waals surface area contributed by atoms with Gasteiger partial charge in [-0.05, 0) is 19.1 Å². The van der Waals surface area contributed by atoms with E-state index < -0.39 is 0 Å². The highest BCUT2D eigenvalue weighted by atomic mass is 32.1. The lowest BCUT2D eigenvalue weighted by molar-refractivity contribution is 0.413. The highest BCUT2D eigenvalue weighted by Gasteiger charge is 1.81. The van der Waals surface area contributed by atoms with Gasteiger partial charge in [-0.3, -0.25) is 4.98 Å². The average Bonchev–Trinajstić information content (AvgIpc) is 2.71. The van der Waals surface area contributed by atoms with Gasteiger partial charge in [-0.2, -0.15) is 0 Å². The third kappa shape index (κ3) is 3.95. The van der Waals surface area contributed by atoms with E-state index in [4.69, 9.17) is 4.74 Å². The van der Waals surface area contributed by atoms with Crippen molar-refractivity contribution in [2.45, 2.75) is 6.92 Å². The maximum atomic E-state index is 4.85. The number of pyridine rings is 1. The zero-order chi connectivity index (χ0) is 10.2. The molecule has 0 aliphatic rings. The summed E-state index contributed by atoms with van der Waals surface area (Å²) in [7, 11) is 1.62. The molecule has 4 nitrogen and oxygen atoms in total. The van der Waals surface area contributed by atoms with Crippen LogP contribution < -0.4 is 4.74 Å². The molecule has 0 saturated heterocycles. The molecule has 0 amide bonds. The summed E-state index contributed by atoms with van der Waals surface area (Å²) >= 11 is 1.56. The molecule has 74 valence electrons. The van der Waals surface area contributed by atoms with Crippen LogP contribution in [0, 0.1) is 6.92 Å². The van der Waals surface area contributed by atoms with E-state index in [-0.39, 0.29) is 0 Å². The van der Waals surface area contributed by atoms with Crippen molar-refractivity contribution in [1.82, 2.24) is 15.2 Å². The third-order valence-corrected chi connectivity index (χ3v) is 1.96. The van der Waals surface area contributed by atoms with Crippen LogP contribution in [0.1, 0.15) is 5.01 Å². The van der Waals surface area contributed by atoms with Gasteiger partial charge < -0.3 is 4.74 Å². The van der Waals surface area contributed by atoms with Crippen molar-refractivity contribution in [3.63, 3.8) is 0 Å². The van der Waals surface area contributed by atoms with Crippen molar-refractivity contribution in [3.05, 3.63) is 35.0 Å². The molecular weight excluding hydrogens is 198 g/mol. The van der Waals surface area contributed by atoms with E-state index >= 15 is 0 Å². The van der Waals surface area contributed by atoms with E-state index in [1.165, 1.54) is 0 Å². The summed E-state index contributed by atoms with van der Waals surface area (Å²) in [6, 6.07) is 3.69. The van der Waals surface area contributed by atoms with Gasteiger partial charge >= 0.3 is 0 Å². The van der Waals surface area contributed by atoms with Gasteiger partial charge in [0.2, 0.25) is 0 Å². The molecular formula is C9H11N3OS. The molecule has 2 aromatic heterocycles. The average molecular weight is 209 g/mol. The Morgan fingerprint density at radius 2 is 2.29 bits per heavy atom. The molecule has 0 aliphatic heterocycles. The first kappa shape index (κ1) is 10.6. The molecule has 0 saturated carbocycles. The van der Waals surface area contributed by atoms with Crippen LogP contribution in [0.4, 0.5) is 0 Å². The van der Waals surface area contributed by atoms with Crippen molar-refractivity contribution in [2.24, 2.45) is 0 Å². The molecule has 2 aromatic rings. The number of ether oxygens (including phenoxy) is 1. The van der Waals surface area contributed by atoms with E-state index in [0.717, 1.165) is 10.8 Å². The van der Waals surface area contributed by atoms with Crippen LogP contribution in [-0.2, 0) is 0 Å². The Hall–Kier alpha value is -1.49. The van der Waals surface area contributed by atoms with Crippen LogP contribution >= 0.6 is 11.3 Å². The lowest BCUT2D eigenvalue weighted by atomic mass is 10.5. The molecule has 0 aliphatic carbocycles. The van der Waals surface area contributed by atoms with Gasteiger partial charge in [-0.1, -0.05) is 0 Å². The van der Waals surface area contributed by atoms with E-state index in [1.54, 1.807) is 36.4 Å². The summed E-state index contributed by atoms with van der Waals surface area (Å²) in [6.45, 7) is 1.93. The SMILES string of the molecule is COc1cccnc1.Cc1nncs1. The Bertz CT molecular complexity index is 336. The second-order valence-corrected chi connectivity index (χ2v) is 3.39. The quantitative estimate of drug-likeness (QED) is 0.720. The molecule has 0 N–H and O–H groups in total. The molecule has 0 bridgehead atoms. The highest BCUT2D eigenvalue weighted by Crippen LogP contribution is 2.02. The predicted octanol–water partition coefficient (Wildman–Crippen LogP) is 1.94. The van der Waals surface area contributed by atoms with E-state index in [2.05, 4.69) is 15.2 Å². The smallest absolute Gasteiger partial charge is 0.137 e. The molecule has 2 heterocycles. The topological polar surface area (TPSA) is 47.9 Å². The summed E-state index contributed by atoms with van der Waals surface area (Å²) in [5.41, 5.74) is 1.72. The summed E-state index contributed by atoms with van der Waals surface area (Å²) in [5, 5.41) is 8.30. The van der Waals surface area contributed by atoms with Crippen molar-refractivity contribution in [3.8, 4) is 5.75 Å². The minimum absolute atomic E-state index is 0.799. The zero-order valence-electron chi connectivity index (χ0n) is 8.04. The molecule has 0 fully saturated rings. The summed E-state index contributed by atoms with van der Waals surface area (Å²) < 4.78 is 4.85. The lowest BCUT2D eigenvalue weighted by Gasteiger charge is -1.93. The minimum atomic E-state index is 0.799. The molecule has 0 spiro atoms. The maximum absolute atomic E-state index is 4.85. The number of hydrogen-bond acceptors (Lipinski definition) is 5. The maximum Gasteiger partial charge on any atom is 0.137 e. The number of rotatable bonds is 1. The van der Waals surface area contributed by atoms with Gasteiger partial charge in [0.25, 0.3) is 0 Å². The Morgan fingerprint density at radius 1 is 1.43 bits per heavy atom. The molecule has 14 heavy (non-hydrogen) atoms. The molecule has 0 aromatic carbocycles. The van der Waals surface area contributed by atoms with Crippen molar-refractivity contribution in [2.75, 3.05) is 7.11 Å². The lowest BCUT2D eigenvalue weighted by Crippen LogP contribution is -1.80. The summed E-state index contributed by atoms with van der Waals surface area (Å²) in [6.07, 6.45) is 3.38. The van der Waals surface area contributed by atoms with E-state index in [9.17, 15) is 0 Å². The number of aromatic nitrogens is 3. The van der Waals surface area contributed by atoms with Gasteiger partial charge in [0, 0.05) is 6.20 Å². The molecule has 2 rings (SSSR count). The van der Waals surface area contributed by atoms with E-state index in [0.29, 0.717) is 0 Å². The normalized spacial score (nSPS) is 8.71. The van der Waals surface area contributed by atoms with Crippen LogP contribution in [0.2, 0.25) is 0 Å². The predicted molar refractivity (Wildman–Crippen MR) is 55.4 cm³/mol. The second kappa shape index (κ2) is 6.04. The first-order chi connectivity index (χ1) is 6.83. The number of nitrogens with zero attached hydrogens (tertiary/aromatic N) is 3. The Balaban J connectivity index is 0.000000146. The number of methoxy groups -OCH3 is 1. The third-order valence-electron chi connectivity index (χ3n) is 1.34. The fraction of sp³-hybridized carbons (Fsp3) is 0.222. The van der Waals surface area contributed by atoms with Gasteiger partial charge in [0.05, 0.1) is 13.3 Å². The fourth-order valence-corrected chi connectivity index (χ4v) is 1.04. The van der Waals surface area contributed by atoms with E-state index in [1.807, 2.05) is 19.1 Å². The first-order valence-electron chi connectivity index (χ1n) is 3.99. The molecule has 0 radical (unpaired) electrons. The molecule has 0 unspecified atom stereocenters. The monoisotopic (exact) mass is 209 g/mol. The number of hydrogen-bond donors (Lipinski definition) is 0. The Morgan fingerprint density at radius 3 is 2.57 bits per heavy atom. The van der Waals surface area contributed by atoms with Crippen molar-refractivity contribution in [1.29, 1.82) is 0 Å². The Labute approximate surface area is 86.6 Å². The highest BCUT2D eigenvalue weighted by molar-refractivity contribution is 7.09. The minimum Gasteiger partial charge on any atom is -0.495 e. The van der Waals surface area contributed by atoms with Crippen LogP contribution in [-0.4, -0.2) is 22.3 Å². The second-order valence-electron chi connectivity index (χ2n) is 2.35. The van der Waals surface area contributed by atoms with Gasteiger partial charge in [-0.15, -0.1) is 21.5 Å². The summed E-state index contributed by atoms with van der Waals surface area (Å²) in [5.74, 6) is 0.799. The van der Waals surface area contributed by atoms with Gasteiger partial charge in [-0.25, -0.2) is 0 Å². The Kier molecular flexibility index (Phi) is 4.57. The van der Waals surface area contributed by atoms with Crippen molar-refractivity contribution < 1.29 is 4.74 Å². The zero-order valence-corrected chi connectivity index (χ0v) is 8.86. The van der Waals surface area contributed by atoms with Crippen LogP contribution in [0.25, 0.3) is 0 Å². The number of aryl methyl sites for hydroxylation is 1. The largest absolute Gasteiger partial charge is 0.495 e. The van der Waals surface area contributed by atoms with Crippen LogP contribution in [0.3, 0.4) is 0 Å².